The second-order valence-electron chi connectivity index (χ2n) is 5.00. The second-order valence-corrected chi connectivity index (χ2v) is 5.00. The Balaban J connectivity index is 0.000000224. The molecular weight excluding hydrogens is 283 g/mol. The van der Waals surface area contributed by atoms with E-state index >= 15 is 0 Å². The highest BCUT2D eigenvalue weighted by atomic mass is 19.1. The van der Waals surface area contributed by atoms with Crippen LogP contribution in [0.15, 0.2) is 30.5 Å². The van der Waals surface area contributed by atoms with Gasteiger partial charge in [-0.2, -0.15) is 5.26 Å². The molecule has 22 heavy (non-hydrogen) atoms. The molecule has 0 saturated carbocycles. The lowest BCUT2D eigenvalue weighted by Gasteiger charge is -2.22. The average Bonchev–Trinajstić information content (AvgIpc) is 2.51. The first-order valence-electron chi connectivity index (χ1n) is 7.12. The Kier molecular flexibility index (Phi) is 7.65. The molecule has 6 heteroatoms. The van der Waals surface area contributed by atoms with Crippen molar-refractivity contribution in [2.45, 2.75) is 25.8 Å². The summed E-state index contributed by atoms with van der Waals surface area (Å²) in [6.07, 6.45) is 5.19. The van der Waals surface area contributed by atoms with Crippen LogP contribution in [0.1, 0.15) is 24.0 Å². The number of benzene rings is 1. The van der Waals surface area contributed by atoms with E-state index in [4.69, 9.17) is 11.0 Å². The SMILES string of the molecule is Cc1ccc(C#N)cc1F.NC(=O)/C=C\NC1CCNCC1. The molecule has 1 fully saturated rings. The van der Waals surface area contributed by atoms with Gasteiger partial charge in [-0.25, -0.2) is 4.39 Å². The number of nitrogens with two attached hydrogens (primary N) is 1. The number of halogens is 1. The van der Waals surface area contributed by atoms with Crippen LogP contribution in [0.2, 0.25) is 0 Å². The molecule has 0 aromatic heterocycles. The van der Waals surface area contributed by atoms with Crippen LogP contribution in [0.4, 0.5) is 4.39 Å². The largest absolute Gasteiger partial charge is 0.388 e. The van der Waals surface area contributed by atoms with Gasteiger partial charge in [-0.05, 0) is 50.6 Å². The van der Waals surface area contributed by atoms with E-state index in [1.165, 1.54) is 12.1 Å². The summed E-state index contributed by atoms with van der Waals surface area (Å²) in [6, 6.07) is 6.76. The molecule has 118 valence electrons. The van der Waals surface area contributed by atoms with Crippen LogP contribution in [-0.2, 0) is 4.79 Å². The summed E-state index contributed by atoms with van der Waals surface area (Å²) in [4.78, 5) is 10.3. The number of nitriles is 1. The minimum atomic E-state index is -0.406. The van der Waals surface area contributed by atoms with E-state index in [1.807, 2.05) is 6.07 Å². The fourth-order valence-corrected chi connectivity index (χ4v) is 1.92. The highest BCUT2D eigenvalue weighted by Gasteiger charge is 2.09. The maximum Gasteiger partial charge on any atom is 0.242 e. The van der Waals surface area contributed by atoms with Gasteiger partial charge in [-0.15, -0.1) is 0 Å². The average molecular weight is 304 g/mol. The van der Waals surface area contributed by atoms with Gasteiger partial charge in [-0.1, -0.05) is 6.07 Å². The van der Waals surface area contributed by atoms with Crippen LogP contribution in [0.3, 0.4) is 0 Å². The summed E-state index contributed by atoms with van der Waals surface area (Å²) in [5.41, 5.74) is 5.86. The minimum Gasteiger partial charge on any atom is -0.388 e. The van der Waals surface area contributed by atoms with Crippen molar-refractivity contribution in [1.29, 1.82) is 5.26 Å². The molecule has 0 unspecified atom stereocenters. The summed E-state index contributed by atoms with van der Waals surface area (Å²) >= 11 is 0. The minimum absolute atomic E-state index is 0.320. The van der Waals surface area contributed by atoms with E-state index in [0.29, 0.717) is 17.2 Å². The Labute approximate surface area is 130 Å². The van der Waals surface area contributed by atoms with Gasteiger partial charge in [-0.3, -0.25) is 4.79 Å². The molecule has 5 nitrogen and oxygen atoms in total. The van der Waals surface area contributed by atoms with Crippen molar-refractivity contribution in [3.63, 3.8) is 0 Å². The number of carbonyl (C=O) groups is 1. The number of hydrogen-bond donors (Lipinski definition) is 3. The number of carbonyl (C=O) groups excluding carboxylic acids is 1. The Morgan fingerprint density at radius 2 is 2.18 bits per heavy atom. The van der Waals surface area contributed by atoms with Gasteiger partial charge < -0.3 is 16.4 Å². The van der Waals surface area contributed by atoms with Crippen LogP contribution in [0.25, 0.3) is 0 Å². The van der Waals surface area contributed by atoms with Gasteiger partial charge >= 0.3 is 0 Å². The fourth-order valence-electron chi connectivity index (χ4n) is 1.92. The summed E-state index contributed by atoms with van der Waals surface area (Å²) in [5.74, 6) is -0.726. The lowest BCUT2D eigenvalue weighted by molar-refractivity contribution is -0.113. The van der Waals surface area contributed by atoms with Crippen LogP contribution in [-0.4, -0.2) is 25.0 Å². The van der Waals surface area contributed by atoms with E-state index in [9.17, 15) is 9.18 Å². The third kappa shape index (κ3) is 6.86. The van der Waals surface area contributed by atoms with Gasteiger partial charge in [0.25, 0.3) is 0 Å². The Morgan fingerprint density at radius 1 is 1.50 bits per heavy atom. The zero-order valence-electron chi connectivity index (χ0n) is 12.6. The van der Waals surface area contributed by atoms with Gasteiger partial charge in [0.05, 0.1) is 11.6 Å². The van der Waals surface area contributed by atoms with Gasteiger partial charge in [0.15, 0.2) is 0 Å². The topological polar surface area (TPSA) is 90.9 Å². The van der Waals surface area contributed by atoms with E-state index in [-0.39, 0.29) is 5.82 Å². The lowest BCUT2D eigenvalue weighted by Crippen LogP contribution is -2.37. The summed E-state index contributed by atoms with van der Waals surface area (Å²) in [6.45, 7) is 3.75. The second kappa shape index (κ2) is 9.53. The number of piperidine rings is 1. The Bertz CT molecular complexity index is 560. The summed E-state index contributed by atoms with van der Waals surface area (Å²) in [7, 11) is 0. The highest BCUT2D eigenvalue weighted by Crippen LogP contribution is 2.07. The molecule has 0 atom stereocenters. The third-order valence-corrected chi connectivity index (χ3v) is 3.22. The monoisotopic (exact) mass is 304 g/mol. The third-order valence-electron chi connectivity index (χ3n) is 3.22. The molecule has 1 aromatic carbocycles. The molecule has 1 aromatic rings. The smallest absolute Gasteiger partial charge is 0.242 e. The molecule has 1 aliphatic rings. The van der Waals surface area contributed by atoms with Gasteiger partial charge in [0.2, 0.25) is 5.91 Å². The van der Waals surface area contributed by atoms with E-state index in [2.05, 4.69) is 10.6 Å². The first-order valence-corrected chi connectivity index (χ1v) is 7.12. The zero-order chi connectivity index (χ0) is 16.4. The zero-order valence-corrected chi connectivity index (χ0v) is 12.6. The molecule has 1 heterocycles. The molecule has 0 aliphatic carbocycles. The number of primary amides is 1. The van der Waals surface area contributed by atoms with Crippen LogP contribution < -0.4 is 16.4 Å². The number of amides is 1. The number of hydrogen-bond acceptors (Lipinski definition) is 4. The van der Waals surface area contributed by atoms with Crippen molar-refractivity contribution in [2.75, 3.05) is 13.1 Å². The maximum atomic E-state index is 12.6. The predicted molar refractivity (Wildman–Crippen MR) is 83.2 cm³/mol. The normalized spacial score (nSPS) is 14.8. The predicted octanol–water partition coefficient (Wildman–Crippen LogP) is 1.33. The number of aryl methyl sites for hydroxylation is 1. The Morgan fingerprint density at radius 3 is 2.73 bits per heavy atom. The summed E-state index contributed by atoms with van der Waals surface area (Å²) < 4.78 is 12.6. The molecule has 0 bridgehead atoms. The molecular formula is C16H21FN4O. The van der Waals surface area contributed by atoms with Crippen molar-refractivity contribution >= 4 is 5.91 Å². The molecule has 0 radical (unpaired) electrons. The van der Waals surface area contributed by atoms with Gasteiger partial charge in [0, 0.05) is 18.3 Å². The number of nitrogens with one attached hydrogen (secondary N) is 2. The first kappa shape index (κ1) is 17.7. The van der Waals surface area contributed by atoms with E-state index in [0.717, 1.165) is 25.9 Å². The van der Waals surface area contributed by atoms with Crippen molar-refractivity contribution in [3.05, 3.63) is 47.4 Å². The molecule has 4 N–H and O–H groups in total. The quantitative estimate of drug-likeness (QED) is 0.735. The fraction of sp³-hybridized carbons (Fsp3) is 0.375. The molecule has 1 saturated heterocycles. The first-order chi connectivity index (χ1) is 10.5. The van der Waals surface area contributed by atoms with Crippen molar-refractivity contribution in [2.24, 2.45) is 5.73 Å². The molecule has 1 aliphatic heterocycles. The highest BCUT2D eigenvalue weighted by molar-refractivity contribution is 5.85. The van der Waals surface area contributed by atoms with Crippen LogP contribution >= 0.6 is 0 Å². The summed E-state index contributed by atoms with van der Waals surface area (Å²) in [5, 5.41) is 14.7. The lowest BCUT2D eigenvalue weighted by atomic mass is 10.1. The molecule has 1 amide bonds. The van der Waals surface area contributed by atoms with E-state index < -0.39 is 5.91 Å². The van der Waals surface area contributed by atoms with Crippen LogP contribution in [0, 0.1) is 24.1 Å². The standard InChI is InChI=1S/C8H6FN.C8H15N3O/c1-6-2-3-7(5-10)4-8(6)9;9-8(12)3-6-11-7-1-4-10-5-2-7/h2-4H,1H3;3,6-7,10-11H,1-2,4-5H2,(H2,9,12)/b;6-3-. The van der Waals surface area contributed by atoms with Crippen molar-refractivity contribution in [1.82, 2.24) is 10.6 Å². The van der Waals surface area contributed by atoms with E-state index in [1.54, 1.807) is 25.3 Å². The molecule has 2 rings (SSSR count). The van der Waals surface area contributed by atoms with Crippen molar-refractivity contribution in [3.8, 4) is 6.07 Å². The maximum absolute atomic E-state index is 12.6. The number of nitrogens with zero attached hydrogens (tertiary/aromatic N) is 1. The number of rotatable bonds is 3. The Hall–Kier alpha value is -2.39. The van der Waals surface area contributed by atoms with Crippen molar-refractivity contribution < 1.29 is 9.18 Å². The van der Waals surface area contributed by atoms with Gasteiger partial charge in [0.1, 0.15) is 5.82 Å². The molecule has 0 spiro atoms. The van der Waals surface area contributed by atoms with Crippen LogP contribution in [0.5, 0.6) is 0 Å².